The summed E-state index contributed by atoms with van der Waals surface area (Å²) < 4.78 is 0. The van der Waals surface area contributed by atoms with Crippen LogP contribution in [0.5, 0.6) is 0 Å². The smallest absolute Gasteiger partial charge is 0.0270 e. The zero-order valence-corrected chi connectivity index (χ0v) is 9.80. The molecule has 0 atom stereocenters. The molecule has 1 aromatic heterocycles. The van der Waals surface area contributed by atoms with Gasteiger partial charge in [0.15, 0.2) is 0 Å². The van der Waals surface area contributed by atoms with Gasteiger partial charge < -0.3 is 5.32 Å². The van der Waals surface area contributed by atoms with Crippen molar-refractivity contribution in [2.75, 3.05) is 18.8 Å². The van der Waals surface area contributed by atoms with Crippen LogP contribution in [0.4, 0.5) is 0 Å². The molecule has 3 heteroatoms. The van der Waals surface area contributed by atoms with Gasteiger partial charge in [-0.2, -0.15) is 11.8 Å². The van der Waals surface area contributed by atoms with E-state index in [9.17, 15) is 0 Å². The van der Waals surface area contributed by atoms with Gasteiger partial charge in [0.25, 0.3) is 0 Å². The van der Waals surface area contributed by atoms with Crippen LogP contribution in [0.3, 0.4) is 0 Å². The number of piperidine rings is 1. The minimum Gasteiger partial charge on any atom is -0.317 e. The lowest BCUT2D eigenvalue weighted by molar-refractivity contribution is 0.531. The summed E-state index contributed by atoms with van der Waals surface area (Å²) in [6, 6.07) is 4.23. The Morgan fingerprint density at radius 2 is 2.00 bits per heavy atom. The van der Waals surface area contributed by atoms with E-state index in [1.165, 1.54) is 43.7 Å². The molecular weight excluding hydrogens is 204 g/mol. The van der Waals surface area contributed by atoms with E-state index in [0.29, 0.717) is 0 Å². The minimum atomic E-state index is 0.882. The van der Waals surface area contributed by atoms with E-state index in [1.54, 1.807) is 0 Å². The summed E-state index contributed by atoms with van der Waals surface area (Å²) in [7, 11) is 0. The van der Waals surface area contributed by atoms with Gasteiger partial charge in [-0.05, 0) is 55.8 Å². The minimum absolute atomic E-state index is 0.882. The predicted octanol–water partition coefficient (Wildman–Crippen LogP) is 2.11. The van der Waals surface area contributed by atoms with Gasteiger partial charge in [0.1, 0.15) is 0 Å². The van der Waals surface area contributed by atoms with E-state index in [-0.39, 0.29) is 0 Å². The van der Waals surface area contributed by atoms with Gasteiger partial charge in [-0.25, -0.2) is 0 Å². The molecule has 0 unspecified atom stereocenters. The average molecular weight is 222 g/mol. The average Bonchev–Trinajstić information content (AvgIpc) is 2.32. The van der Waals surface area contributed by atoms with Gasteiger partial charge in [-0.3, -0.25) is 4.98 Å². The maximum atomic E-state index is 4.03. The summed E-state index contributed by atoms with van der Waals surface area (Å²) in [6.07, 6.45) is 7.61. The molecule has 15 heavy (non-hydrogen) atoms. The van der Waals surface area contributed by atoms with Crippen LogP contribution in [0.15, 0.2) is 24.5 Å². The van der Waals surface area contributed by atoms with Crippen LogP contribution in [0.25, 0.3) is 0 Å². The fourth-order valence-corrected chi connectivity index (χ4v) is 3.11. The number of nitrogens with one attached hydrogen (secondary N) is 1. The molecule has 2 heterocycles. The van der Waals surface area contributed by atoms with Gasteiger partial charge in [0.2, 0.25) is 0 Å². The molecule has 1 N–H and O–H groups in total. The summed E-state index contributed by atoms with van der Waals surface area (Å²) in [5.41, 5.74) is 1.41. The molecule has 0 amide bonds. The first kappa shape index (κ1) is 11.0. The topological polar surface area (TPSA) is 24.9 Å². The zero-order chi connectivity index (χ0) is 10.3. The number of aromatic nitrogens is 1. The lowest BCUT2D eigenvalue weighted by Crippen LogP contribution is -2.29. The molecule has 0 aliphatic carbocycles. The molecule has 2 nitrogen and oxygen atoms in total. The molecule has 1 aliphatic rings. The van der Waals surface area contributed by atoms with Gasteiger partial charge in [0, 0.05) is 17.6 Å². The van der Waals surface area contributed by atoms with Gasteiger partial charge in [-0.15, -0.1) is 0 Å². The maximum absolute atomic E-state index is 4.03. The first-order valence-corrected chi connectivity index (χ1v) is 6.71. The summed E-state index contributed by atoms with van der Waals surface area (Å²) in [6.45, 7) is 2.40. The highest BCUT2D eigenvalue weighted by atomic mass is 32.2. The van der Waals surface area contributed by atoms with Crippen molar-refractivity contribution in [2.24, 2.45) is 0 Å². The summed E-state index contributed by atoms with van der Waals surface area (Å²) in [5.74, 6) is 1.24. The van der Waals surface area contributed by atoms with Crippen molar-refractivity contribution in [1.82, 2.24) is 10.3 Å². The molecule has 2 rings (SSSR count). The van der Waals surface area contributed by atoms with Crippen molar-refractivity contribution in [1.29, 1.82) is 0 Å². The Morgan fingerprint density at radius 1 is 1.27 bits per heavy atom. The second kappa shape index (κ2) is 6.13. The molecule has 1 aliphatic heterocycles. The number of rotatable bonds is 4. The normalized spacial score (nSPS) is 17.9. The van der Waals surface area contributed by atoms with Gasteiger partial charge in [-0.1, -0.05) is 0 Å². The number of hydrogen-bond donors (Lipinski definition) is 1. The van der Waals surface area contributed by atoms with Crippen molar-refractivity contribution in [2.45, 2.75) is 24.5 Å². The highest BCUT2D eigenvalue weighted by Crippen LogP contribution is 2.20. The van der Waals surface area contributed by atoms with Crippen molar-refractivity contribution >= 4 is 11.8 Å². The largest absolute Gasteiger partial charge is 0.317 e. The van der Waals surface area contributed by atoms with Crippen LogP contribution in [0, 0.1) is 0 Å². The van der Waals surface area contributed by atoms with Gasteiger partial charge in [0.05, 0.1) is 0 Å². The third kappa shape index (κ3) is 3.84. The summed E-state index contributed by atoms with van der Waals surface area (Å²) in [5, 5.41) is 4.28. The molecule has 1 fully saturated rings. The van der Waals surface area contributed by atoms with E-state index in [4.69, 9.17) is 0 Å². The quantitative estimate of drug-likeness (QED) is 0.844. The Labute approximate surface area is 95.9 Å². The fraction of sp³-hybridized carbons (Fsp3) is 0.583. The van der Waals surface area contributed by atoms with E-state index >= 15 is 0 Å². The summed E-state index contributed by atoms with van der Waals surface area (Å²) >= 11 is 2.13. The predicted molar refractivity (Wildman–Crippen MR) is 66.3 cm³/mol. The molecule has 0 aromatic carbocycles. The van der Waals surface area contributed by atoms with Gasteiger partial charge >= 0.3 is 0 Å². The molecule has 82 valence electrons. The number of aryl methyl sites for hydroxylation is 1. The first-order valence-electron chi connectivity index (χ1n) is 5.66. The van der Waals surface area contributed by atoms with Crippen LogP contribution in [-0.4, -0.2) is 29.1 Å². The second-order valence-electron chi connectivity index (χ2n) is 3.93. The number of nitrogens with zero attached hydrogens (tertiary/aromatic N) is 1. The van der Waals surface area contributed by atoms with E-state index in [1.807, 2.05) is 12.4 Å². The van der Waals surface area contributed by atoms with E-state index < -0.39 is 0 Å². The monoisotopic (exact) mass is 222 g/mol. The Hall–Kier alpha value is -0.540. The van der Waals surface area contributed by atoms with E-state index in [0.717, 1.165) is 5.25 Å². The van der Waals surface area contributed by atoms with Crippen molar-refractivity contribution < 1.29 is 0 Å². The third-order valence-corrected chi connectivity index (χ3v) is 4.16. The van der Waals surface area contributed by atoms with Crippen LogP contribution in [0.1, 0.15) is 18.4 Å². The van der Waals surface area contributed by atoms with Crippen LogP contribution in [-0.2, 0) is 6.42 Å². The Morgan fingerprint density at radius 3 is 2.73 bits per heavy atom. The Balaban J connectivity index is 1.66. The fourth-order valence-electron chi connectivity index (χ4n) is 1.86. The highest BCUT2D eigenvalue weighted by Gasteiger charge is 2.12. The number of hydrogen-bond acceptors (Lipinski definition) is 3. The summed E-state index contributed by atoms with van der Waals surface area (Å²) in [4.78, 5) is 4.03. The molecule has 0 bridgehead atoms. The zero-order valence-electron chi connectivity index (χ0n) is 8.98. The Kier molecular flexibility index (Phi) is 4.48. The lowest BCUT2D eigenvalue weighted by atomic mass is 10.2. The lowest BCUT2D eigenvalue weighted by Gasteiger charge is -2.21. The number of thioether (sulfide) groups is 1. The molecule has 0 spiro atoms. The van der Waals surface area contributed by atoms with Crippen LogP contribution < -0.4 is 5.32 Å². The van der Waals surface area contributed by atoms with Crippen molar-refractivity contribution in [3.63, 3.8) is 0 Å². The molecule has 1 saturated heterocycles. The molecule has 0 radical (unpaired) electrons. The van der Waals surface area contributed by atoms with Crippen LogP contribution in [0.2, 0.25) is 0 Å². The Bertz CT molecular complexity index is 270. The standard InChI is InChI=1S/C12H18N2S/c1-6-13-7-2-11(1)5-10-15-12-3-8-14-9-4-12/h1-2,6-7,12,14H,3-5,8-10H2. The van der Waals surface area contributed by atoms with E-state index in [2.05, 4.69) is 34.2 Å². The third-order valence-electron chi connectivity index (χ3n) is 2.78. The van der Waals surface area contributed by atoms with Crippen molar-refractivity contribution in [3.05, 3.63) is 30.1 Å². The number of pyridine rings is 1. The molecule has 1 aromatic rings. The first-order chi connectivity index (χ1) is 7.45. The van der Waals surface area contributed by atoms with Crippen molar-refractivity contribution in [3.8, 4) is 0 Å². The maximum Gasteiger partial charge on any atom is 0.0270 e. The highest BCUT2D eigenvalue weighted by molar-refractivity contribution is 7.99. The second-order valence-corrected chi connectivity index (χ2v) is 5.33. The van der Waals surface area contributed by atoms with Crippen LogP contribution >= 0.6 is 11.8 Å². The molecular formula is C12H18N2S. The molecule has 0 saturated carbocycles. The SMILES string of the molecule is c1cc(CCSC2CCNCC2)ccn1.